The average Bonchev–Trinajstić information content (AvgIpc) is 2.02. The van der Waals surface area contributed by atoms with E-state index in [0.29, 0.717) is 25.2 Å². The van der Waals surface area contributed by atoms with Gasteiger partial charge in [-0.15, -0.1) is 0 Å². The van der Waals surface area contributed by atoms with Crippen molar-refractivity contribution in [1.82, 2.24) is 0 Å². The molecule has 0 aromatic rings. The van der Waals surface area contributed by atoms with Gasteiger partial charge < -0.3 is 4.74 Å². The molecule has 0 saturated heterocycles. The topological polar surface area (TPSA) is 43.4 Å². The Balaban J connectivity index is 2.41. The molecule has 0 aliphatic heterocycles. The van der Waals surface area contributed by atoms with E-state index < -0.39 is 0 Å². The molecule has 0 amide bonds. The van der Waals surface area contributed by atoms with Crippen LogP contribution in [0.25, 0.3) is 0 Å². The summed E-state index contributed by atoms with van der Waals surface area (Å²) in [5, 5.41) is 0. The van der Waals surface area contributed by atoms with Crippen LogP contribution in [0.4, 0.5) is 0 Å². The Morgan fingerprint density at radius 1 is 1.54 bits per heavy atom. The number of hydrogen-bond acceptors (Lipinski definition) is 3. The molecule has 1 aliphatic carbocycles. The predicted molar refractivity (Wildman–Crippen MR) is 48.1 cm³/mol. The fourth-order valence-electron chi connectivity index (χ4n) is 2.00. The standard InChI is InChI=1S/C10H16O3/c1-7-3-8(5-9(11)4-7)6-10(12)13-2/h7-8H,3-6H2,1-2H3/t7-,8+/m1/s1. The minimum Gasteiger partial charge on any atom is -0.469 e. The Kier molecular flexibility index (Phi) is 3.46. The molecular formula is C10H16O3. The molecule has 1 saturated carbocycles. The van der Waals surface area contributed by atoms with Crippen molar-refractivity contribution in [2.45, 2.75) is 32.6 Å². The molecule has 1 aliphatic rings. The van der Waals surface area contributed by atoms with Crippen molar-refractivity contribution in [2.24, 2.45) is 11.8 Å². The molecule has 0 bridgehead atoms. The minimum atomic E-state index is -0.202. The number of rotatable bonds is 2. The highest BCUT2D eigenvalue weighted by molar-refractivity contribution is 5.80. The molecule has 3 heteroatoms. The van der Waals surface area contributed by atoms with Crippen LogP contribution in [-0.2, 0) is 14.3 Å². The number of hydrogen-bond donors (Lipinski definition) is 0. The maximum absolute atomic E-state index is 11.2. The van der Waals surface area contributed by atoms with Gasteiger partial charge in [-0.2, -0.15) is 0 Å². The Hall–Kier alpha value is -0.860. The van der Waals surface area contributed by atoms with Crippen LogP contribution in [-0.4, -0.2) is 18.9 Å². The third-order valence-electron chi connectivity index (χ3n) is 2.51. The molecule has 74 valence electrons. The third-order valence-corrected chi connectivity index (χ3v) is 2.51. The maximum Gasteiger partial charge on any atom is 0.305 e. The van der Waals surface area contributed by atoms with Crippen LogP contribution in [0, 0.1) is 11.8 Å². The lowest BCUT2D eigenvalue weighted by molar-refractivity contribution is -0.142. The zero-order valence-electron chi connectivity index (χ0n) is 8.21. The number of carbonyl (C=O) groups excluding carboxylic acids is 2. The number of Topliss-reactive ketones (excluding diaryl/α,β-unsaturated/α-hetero) is 1. The summed E-state index contributed by atoms with van der Waals surface area (Å²) in [7, 11) is 1.39. The Labute approximate surface area is 78.5 Å². The van der Waals surface area contributed by atoms with Crippen molar-refractivity contribution in [3.05, 3.63) is 0 Å². The number of ether oxygens (including phenoxy) is 1. The van der Waals surface area contributed by atoms with Gasteiger partial charge in [0, 0.05) is 19.3 Å². The van der Waals surface area contributed by atoms with Gasteiger partial charge in [0.15, 0.2) is 0 Å². The van der Waals surface area contributed by atoms with Crippen molar-refractivity contribution < 1.29 is 14.3 Å². The van der Waals surface area contributed by atoms with Crippen LogP contribution in [0.2, 0.25) is 0 Å². The lowest BCUT2D eigenvalue weighted by atomic mass is 9.80. The predicted octanol–water partition coefficient (Wildman–Crippen LogP) is 1.55. The van der Waals surface area contributed by atoms with Gasteiger partial charge in [-0.25, -0.2) is 0 Å². The smallest absolute Gasteiger partial charge is 0.305 e. The SMILES string of the molecule is COC(=O)C[C@@H]1CC(=O)C[C@H](C)C1. The quantitative estimate of drug-likeness (QED) is 0.611. The second-order valence-electron chi connectivity index (χ2n) is 3.93. The van der Waals surface area contributed by atoms with E-state index in [0.717, 1.165) is 6.42 Å². The third kappa shape index (κ3) is 3.17. The van der Waals surface area contributed by atoms with Gasteiger partial charge in [-0.1, -0.05) is 6.92 Å². The Morgan fingerprint density at radius 3 is 2.77 bits per heavy atom. The van der Waals surface area contributed by atoms with E-state index >= 15 is 0 Å². The van der Waals surface area contributed by atoms with Crippen molar-refractivity contribution in [2.75, 3.05) is 7.11 Å². The highest BCUT2D eigenvalue weighted by Crippen LogP contribution is 2.28. The van der Waals surface area contributed by atoms with Crippen LogP contribution in [0.1, 0.15) is 32.6 Å². The molecule has 3 nitrogen and oxygen atoms in total. The first-order valence-corrected chi connectivity index (χ1v) is 4.70. The summed E-state index contributed by atoms with van der Waals surface area (Å²) in [5.41, 5.74) is 0. The van der Waals surface area contributed by atoms with Gasteiger partial charge in [-0.3, -0.25) is 9.59 Å². The normalized spacial score (nSPS) is 28.6. The minimum absolute atomic E-state index is 0.202. The summed E-state index contributed by atoms with van der Waals surface area (Å²) >= 11 is 0. The number of ketones is 1. The van der Waals surface area contributed by atoms with Crippen LogP contribution < -0.4 is 0 Å². The van der Waals surface area contributed by atoms with Crippen LogP contribution in [0.5, 0.6) is 0 Å². The summed E-state index contributed by atoms with van der Waals surface area (Å²) in [6, 6.07) is 0. The Morgan fingerprint density at radius 2 is 2.23 bits per heavy atom. The fraction of sp³-hybridized carbons (Fsp3) is 0.800. The van der Waals surface area contributed by atoms with Crippen LogP contribution in [0.3, 0.4) is 0 Å². The van der Waals surface area contributed by atoms with E-state index in [1.807, 2.05) is 0 Å². The summed E-state index contributed by atoms with van der Waals surface area (Å²) in [6.07, 6.45) is 2.60. The van der Waals surface area contributed by atoms with Crippen LogP contribution in [0.15, 0.2) is 0 Å². The molecule has 0 spiro atoms. The molecule has 0 radical (unpaired) electrons. The fourth-order valence-corrected chi connectivity index (χ4v) is 2.00. The van der Waals surface area contributed by atoms with Crippen molar-refractivity contribution >= 4 is 11.8 Å². The number of esters is 1. The molecule has 1 fully saturated rings. The van der Waals surface area contributed by atoms with Gasteiger partial charge in [0.2, 0.25) is 0 Å². The molecule has 0 N–H and O–H groups in total. The summed E-state index contributed by atoms with van der Waals surface area (Å²) < 4.78 is 4.57. The average molecular weight is 184 g/mol. The van der Waals surface area contributed by atoms with Crippen molar-refractivity contribution in [3.8, 4) is 0 Å². The van der Waals surface area contributed by atoms with E-state index in [2.05, 4.69) is 11.7 Å². The summed E-state index contributed by atoms with van der Waals surface area (Å²) in [6.45, 7) is 2.06. The number of carbonyl (C=O) groups is 2. The maximum atomic E-state index is 11.2. The van der Waals surface area contributed by atoms with E-state index in [9.17, 15) is 9.59 Å². The first-order chi connectivity index (χ1) is 6.11. The van der Waals surface area contributed by atoms with Gasteiger partial charge in [0.1, 0.15) is 5.78 Å². The largest absolute Gasteiger partial charge is 0.469 e. The van der Waals surface area contributed by atoms with E-state index in [1.54, 1.807) is 0 Å². The summed E-state index contributed by atoms with van der Waals surface area (Å²) in [5.74, 6) is 0.721. The van der Waals surface area contributed by atoms with Gasteiger partial charge >= 0.3 is 5.97 Å². The second-order valence-corrected chi connectivity index (χ2v) is 3.93. The molecule has 0 unspecified atom stereocenters. The number of methoxy groups -OCH3 is 1. The highest BCUT2D eigenvalue weighted by atomic mass is 16.5. The van der Waals surface area contributed by atoms with Crippen LogP contribution >= 0.6 is 0 Å². The van der Waals surface area contributed by atoms with Gasteiger partial charge in [-0.05, 0) is 18.3 Å². The second kappa shape index (κ2) is 4.40. The zero-order chi connectivity index (χ0) is 9.84. The van der Waals surface area contributed by atoms with Gasteiger partial charge in [0.05, 0.1) is 7.11 Å². The molecule has 0 heterocycles. The molecular weight excluding hydrogens is 168 g/mol. The molecule has 0 aromatic carbocycles. The summed E-state index contributed by atoms with van der Waals surface area (Å²) in [4.78, 5) is 22.2. The molecule has 2 atom stereocenters. The van der Waals surface area contributed by atoms with E-state index in [4.69, 9.17) is 0 Å². The highest BCUT2D eigenvalue weighted by Gasteiger charge is 2.26. The molecule has 1 rings (SSSR count). The monoisotopic (exact) mass is 184 g/mol. The lowest BCUT2D eigenvalue weighted by Gasteiger charge is -2.24. The first-order valence-electron chi connectivity index (χ1n) is 4.70. The van der Waals surface area contributed by atoms with Gasteiger partial charge in [0.25, 0.3) is 0 Å². The molecule has 0 aromatic heterocycles. The van der Waals surface area contributed by atoms with E-state index in [1.165, 1.54) is 7.11 Å². The van der Waals surface area contributed by atoms with E-state index in [-0.39, 0.29) is 17.7 Å². The lowest BCUT2D eigenvalue weighted by Crippen LogP contribution is -2.23. The van der Waals surface area contributed by atoms with Crippen molar-refractivity contribution in [3.63, 3.8) is 0 Å². The zero-order valence-corrected chi connectivity index (χ0v) is 8.21. The first kappa shape index (κ1) is 10.2. The Bertz CT molecular complexity index is 210. The molecule has 13 heavy (non-hydrogen) atoms. The van der Waals surface area contributed by atoms with Crippen molar-refractivity contribution in [1.29, 1.82) is 0 Å².